The number of rotatable bonds is 5. The smallest absolute Gasteiger partial charge is 0.0376 e. The van der Waals surface area contributed by atoms with E-state index in [1.807, 2.05) is 0 Å². The van der Waals surface area contributed by atoms with E-state index in [0.717, 1.165) is 24.9 Å². The molecular weight excluding hydrogens is 208 g/mol. The maximum absolute atomic E-state index is 3.61. The van der Waals surface area contributed by atoms with Gasteiger partial charge in [-0.1, -0.05) is 25.1 Å². The zero-order valence-corrected chi connectivity index (χ0v) is 10.6. The predicted octanol–water partition coefficient (Wildman–Crippen LogP) is 2.83. The van der Waals surface area contributed by atoms with Gasteiger partial charge in [-0.05, 0) is 49.4 Å². The van der Waals surface area contributed by atoms with Crippen LogP contribution in [-0.2, 0) is 0 Å². The molecule has 2 heteroatoms. The SMILES string of the molecule is CC1CC1CNCCC1CNc2ccccc21. The molecule has 17 heavy (non-hydrogen) atoms. The second-order valence-electron chi connectivity index (χ2n) is 5.63. The first-order valence-corrected chi connectivity index (χ1v) is 6.88. The molecule has 1 aromatic rings. The first-order valence-electron chi connectivity index (χ1n) is 6.88. The van der Waals surface area contributed by atoms with E-state index in [4.69, 9.17) is 0 Å². The largest absolute Gasteiger partial charge is 0.384 e. The molecule has 1 heterocycles. The number of fused-ring (bicyclic) bond motifs is 1. The van der Waals surface area contributed by atoms with Crippen LogP contribution >= 0.6 is 0 Å². The number of benzene rings is 1. The van der Waals surface area contributed by atoms with E-state index in [1.54, 1.807) is 0 Å². The maximum Gasteiger partial charge on any atom is 0.0376 e. The van der Waals surface area contributed by atoms with Gasteiger partial charge < -0.3 is 10.6 Å². The fraction of sp³-hybridized carbons (Fsp3) is 0.600. The molecule has 92 valence electrons. The van der Waals surface area contributed by atoms with Crippen LogP contribution in [0.5, 0.6) is 0 Å². The van der Waals surface area contributed by atoms with Crippen molar-refractivity contribution in [3.8, 4) is 0 Å². The molecule has 0 aromatic heterocycles. The van der Waals surface area contributed by atoms with E-state index in [1.165, 1.54) is 30.6 Å². The summed E-state index contributed by atoms with van der Waals surface area (Å²) in [5, 5.41) is 7.10. The van der Waals surface area contributed by atoms with Crippen LogP contribution in [0.4, 0.5) is 5.69 Å². The molecule has 2 aliphatic rings. The molecule has 2 N–H and O–H groups in total. The van der Waals surface area contributed by atoms with Gasteiger partial charge in [0, 0.05) is 18.2 Å². The quantitative estimate of drug-likeness (QED) is 0.760. The van der Waals surface area contributed by atoms with Crippen molar-refractivity contribution in [3.05, 3.63) is 29.8 Å². The van der Waals surface area contributed by atoms with Crippen LogP contribution in [0.1, 0.15) is 31.2 Å². The lowest BCUT2D eigenvalue weighted by molar-refractivity contribution is 0.561. The van der Waals surface area contributed by atoms with E-state index in [-0.39, 0.29) is 0 Å². The van der Waals surface area contributed by atoms with Crippen LogP contribution < -0.4 is 10.6 Å². The fourth-order valence-corrected chi connectivity index (χ4v) is 2.86. The molecule has 0 radical (unpaired) electrons. The molecule has 0 bridgehead atoms. The van der Waals surface area contributed by atoms with Gasteiger partial charge in [-0.25, -0.2) is 0 Å². The summed E-state index contributed by atoms with van der Waals surface area (Å²) in [5.74, 6) is 2.63. The van der Waals surface area contributed by atoms with Gasteiger partial charge in [0.25, 0.3) is 0 Å². The molecule has 1 saturated carbocycles. The number of para-hydroxylation sites is 1. The standard InChI is InChI=1S/C15H22N2/c1-11-8-13(11)9-16-7-6-12-10-17-15-5-3-2-4-14(12)15/h2-5,11-13,16-17H,6-10H2,1H3. The Morgan fingerprint density at radius 2 is 2.18 bits per heavy atom. The molecule has 1 aromatic carbocycles. The lowest BCUT2D eigenvalue weighted by atomic mass is 9.98. The van der Waals surface area contributed by atoms with Crippen LogP contribution in [0.15, 0.2) is 24.3 Å². The van der Waals surface area contributed by atoms with Crippen LogP contribution in [-0.4, -0.2) is 19.6 Å². The molecule has 0 amide bonds. The van der Waals surface area contributed by atoms with E-state index >= 15 is 0 Å². The van der Waals surface area contributed by atoms with E-state index in [2.05, 4.69) is 41.8 Å². The summed E-state index contributed by atoms with van der Waals surface area (Å²) >= 11 is 0. The van der Waals surface area contributed by atoms with Gasteiger partial charge in [0.1, 0.15) is 0 Å². The topological polar surface area (TPSA) is 24.1 Å². The first-order chi connectivity index (χ1) is 8.34. The molecule has 3 rings (SSSR count). The third-order valence-electron chi connectivity index (χ3n) is 4.29. The normalized spacial score (nSPS) is 29.8. The minimum Gasteiger partial charge on any atom is -0.384 e. The summed E-state index contributed by atoms with van der Waals surface area (Å²) in [7, 11) is 0. The van der Waals surface area contributed by atoms with Gasteiger partial charge >= 0.3 is 0 Å². The summed E-state index contributed by atoms with van der Waals surface area (Å²) in [6.45, 7) is 5.84. The average Bonchev–Trinajstić information content (AvgIpc) is 2.90. The molecule has 2 nitrogen and oxygen atoms in total. The molecule has 1 aliphatic carbocycles. The Morgan fingerprint density at radius 3 is 3.00 bits per heavy atom. The molecule has 1 fully saturated rings. The highest BCUT2D eigenvalue weighted by atomic mass is 14.9. The Labute approximate surface area is 104 Å². The number of hydrogen-bond acceptors (Lipinski definition) is 2. The third-order valence-corrected chi connectivity index (χ3v) is 4.29. The van der Waals surface area contributed by atoms with Gasteiger partial charge in [-0.15, -0.1) is 0 Å². The Morgan fingerprint density at radius 1 is 1.35 bits per heavy atom. The lowest BCUT2D eigenvalue weighted by Crippen LogP contribution is -2.21. The highest BCUT2D eigenvalue weighted by molar-refractivity contribution is 5.57. The fourth-order valence-electron chi connectivity index (χ4n) is 2.86. The molecule has 3 unspecified atom stereocenters. The van der Waals surface area contributed by atoms with Crippen molar-refractivity contribution in [1.82, 2.24) is 5.32 Å². The van der Waals surface area contributed by atoms with E-state index in [9.17, 15) is 0 Å². The minimum absolute atomic E-state index is 0.704. The summed E-state index contributed by atoms with van der Waals surface area (Å²) in [5.41, 5.74) is 2.85. The monoisotopic (exact) mass is 230 g/mol. The van der Waals surface area contributed by atoms with Crippen molar-refractivity contribution in [3.63, 3.8) is 0 Å². The van der Waals surface area contributed by atoms with Crippen LogP contribution in [0.25, 0.3) is 0 Å². The maximum atomic E-state index is 3.61. The summed E-state index contributed by atoms with van der Waals surface area (Å²) in [6.07, 6.45) is 2.69. The van der Waals surface area contributed by atoms with Crippen LogP contribution in [0.3, 0.4) is 0 Å². The average molecular weight is 230 g/mol. The first kappa shape index (κ1) is 11.1. The van der Waals surface area contributed by atoms with E-state index in [0.29, 0.717) is 5.92 Å². The van der Waals surface area contributed by atoms with Crippen molar-refractivity contribution >= 4 is 5.69 Å². The number of nitrogens with one attached hydrogen (secondary N) is 2. The summed E-state index contributed by atoms with van der Waals surface area (Å²) in [6, 6.07) is 8.72. The van der Waals surface area contributed by atoms with Crippen molar-refractivity contribution in [2.75, 3.05) is 25.0 Å². The molecule has 1 aliphatic heterocycles. The van der Waals surface area contributed by atoms with E-state index < -0.39 is 0 Å². The molecule has 3 atom stereocenters. The molecule has 0 spiro atoms. The van der Waals surface area contributed by atoms with Gasteiger partial charge in [0.2, 0.25) is 0 Å². The Bertz CT molecular complexity index is 388. The minimum atomic E-state index is 0.704. The third kappa shape index (κ3) is 2.47. The highest BCUT2D eigenvalue weighted by Gasteiger charge is 2.31. The highest BCUT2D eigenvalue weighted by Crippen LogP contribution is 2.37. The molecule has 0 saturated heterocycles. The van der Waals surface area contributed by atoms with Crippen molar-refractivity contribution in [2.24, 2.45) is 11.8 Å². The Hall–Kier alpha value is -1.02. The van der Waals surface area contributed by atoms with Crippen molar-refractivity contribution in [1.29, 1.82) is 0 Å². The van der Waals surface area contributed by atoms with Crippen molar-refractivity contribution < 1.29 is 0 Å². The zero-order valence-electron chi connectivity index (χ0n) is 10.6. The van der Waals surface area contributed by atoms with Gasteiger partial charge in [-0.2, -0.15) is 0 Å². The second kappa shape index (κ2) is 4.69. The zero-order chi connectivity index (χ0) is 11.7. The molecular formula is C15H22N2. The van der Waals surface area contributed by atoms with Gasteiger partial charge in [-0.3, -0.25) is 0 Å². The Kier molecular flexibility index (Phi) is 3.06. The van der Waals surface area contributed by atoms with Crippen molar-refractivity contribution in [2.45, 2.75) is 25.7 Å². The predicted molar refractivity (Wildman–Crippen MR) is 72.4 cm³/mol. The van der Waals surface area contributed by atoms with Crippen LogP contribution in [0, 0.1) is 11.8 Å². The summed E-state index contributed by atoms with van der Waals surface area (Å²) < 4.78 is 0. The van der Waals surface area contributed by atoms with Crippen LogP contribution in [0.2, 0.25) is 0 Å². The second-order valence-corrected chi connectivity index (χ2v) is 5.63. The lowest BCUT2D eigenvalue weighted by Gasteiger charge is -2.10. The number of hydrogen-bond donors (Lipinski definition) is 2. The van der Waals surface area contributed by atoms with Gasteiger partial charge in [0.05, 0.1) is 0 Å². The number of anilines is 1. The summed E-state index contributed by atoms with van der Waals surface area (Å²) in [4.78, 5) is 0. The van der Waals surface area contributed by atoms with Gasteiger partial charge in [0.15, 0.2) is 0 Å². The Balaban J connectivity index is 1.44.